The fourth-order valence-electron chi connectivity index (χ4n) is 5.77. The van der Waals surface area contributed by atoms with Crippen molar-refractivity contribution in [3.8, 4) is 16.9 Å². The highest BCUT2D eigenvalue weighted by atomic mass is 16.5. The lowest BCUT2D eigenvalue weighted by Crippen LogP contribution is -2.01. The van der Waals surface area contributed by atoms with Gasteiger partial charge in [-0.15, -0.1) is 0 Å². The largest absolute Gasteiger partial charge is 0.494 e. The Hall–Kier alpha value is -1.80. The molecule has 1 atom stereocenters. The van der Waals surface area contributed by atoms with E-state index < -0.39 is 0 Å². The fraction of sp³-hybridized carbons (Fsp3) is 0.700. The summed E-state index contributed by atoms with van der Waals surface area (Å²) in [6, 6.07) is 17.5. The quantitative estimate of drug-likeness (QED) is 0.0935. The van der Waals surface area contributed by atoms with Crippen LogP contribution in [-0.4, -0.2) is 13.2 Å². The number of benzene rings is 2. The molecule has 0 bridgehead atoms. The van der Waals surface area contributed by atoms with Crippen molar-refractivity contribution in [2.75, 3.05) is 13.2 Å². The molecule has 0 radical (unpaired) electrons. The minimum absolute atomic E-state index is 0.146. The topological polar surface area (TPSA) is 18.5 Å². The summed E-state index contributed by atoms with van der Waals surface area (Å²) in [7, 11) is 0. The molecule has 42 heavy (non-hydrogen) atoms. The first-order valence-electron chi connectivity index (χ1n) is 18.2. The van der Waals surface area contributed by atoms with Gasteiger partial charge in [0.05, 0.1) is 12.7 Å². The Bertz CT molecular complexity index is 841. The van der Waals surface area contributed by atoms with E-state index in [1.165, 1.54) is 152 Å². The van der Waals surface area contributed by atoms with E-state index in [0.29, 0.717) is 0 Å². The van der Waals surface area contributed by atoms with Gasteiger partial charge < -0.3 is 9.47 Å². The molecule has 0 aliphatic rings. The van der Waals surface area contributed by atoms with Crippen molar-refractivity contribution in [2.45, 2.75) is 168 Å². The monoisotopic (exact) mass is 579 g/mol. The highest BCUT2D eigenvalue weighted by Gasteiger charge is 2.07. The minimum atomic E-state index is 0.146. The number of unbranched alkanes of at least 4 members (excludes halogenated alkanes) is 20. The molecule has 0 N–H and O–H groups in total. The van der Waals surface area contributed by atoms with E-state index in [1.807, 2.05) is 0 Å². The van der Waals surface area contributed by atoms with Crippen LogP contribution in [-0.2, 0) is 4.74 Å². The van der Waals surface area contributed by atoms with Gasteiger partial charge in [0.15, 0.2) is 0 Å². The zero-order valence-electron chi connectivity index (χ0n) is 28.0. The van der Waals surface area contributed by atoms with Crippen LogP contribution in [0.1, 0.15) is 174 Å². The molecule has 0 fully saturated rings. The lowest BCUT2D eigenvalue weighted by Gasteiger charge is -2.14. The third kappa shape index (κ3) is 18.0. The maximum atomic E-state index is 6.16. The van der Waals surface area contributed by atoms with Gasteiger partial charge in [0.2, 0.25) is 0 Å². The Kier molecular flexibility index (Phi) is 22.2. The second kappa shape index (κ2) is 25.7. The Morgan fingerprint density at radius 3 is 1.21 bits per heavy atom. The number of ether oxygens (including phenoxy) is 2. The maximum absolute atomic E-state index is 6.16. The first-order valence-corrected chi connectivity index (χ1v) is 18.2. The lowest BCUT2D eigenvalue weighted by molar-refractivity contribution is 0.0627. The van der Waals surface area contributed by atoms with Crippen LogP contribution in [0.15, 0.2) is 48.5 Å². The SMILES string of the molecule is CCCCCCCCCCCCCCCOC(C)c1ccc(-c2ccc(OCCCCCCCCCCC)cc2)cc1. The number of hydrogen-bond donors (Lipinski definition) is 0. The van der Waals surface area contributed by atoms with Gasteiger partial charge in [-0.05, 0) is 48.6 Å². The van der Waals surface area contributed by atoms with Gasteiger partial charge in [-0.1, -0.05) is 179 Å². The van der Waals surface area contributed by atoms with Crippen LogP contribution in [0.3, 0.4) is 0 Å². The van der Waals surface area contributed by atoms with E-state index in [0.717, 1.165) is 25.4 Å². The Morgan fingerprint density at radius 1 is 0.429 bits per heavy atom. The summed E-state index contributed by atoms with van der Waals surface area (Å²) in [6.45, 7) is 8.43. The second-order valence-electron chi connectivity index (χ2n) is 12.6. The van der Waals surface area contributed by atoms with Gasteiger partial charge in [0.1, 0.15) is 5.75 Å². The summed E-state index contributed by atoms with van der Waals surface area (Å²) < 4.78 is 12.2. The standard InChI is InChI=1S/C40H66O2/c1-4-6-8-10-12-14-15-16-17-19-20-22-24-34-41-36(3)37-26-28-38(29-27-37)39-30-32-40(33-31-39)42-35-25-23-21-18-13-11-9-7-5-2/h26-33,36H,4-25,34-35H2,1-3H3. The van der Waals surface area contributed by atoms with E-state index in [1.54, 1.807) is 0 Å². The van der Waals surface area contributed by atoms with E-state index >= 15 is 0 Å². The summed E-state index contributed by atoms with van der Waals surface area (Å²) in [5.74, 6) is 0.977. The molecule has 2 rings (SSSR count). The molecular formula is C40H66O2. The van der Waals surface area contributed by atoms with Crippen molar-refractivity contribution < 1.29 is 9.47 Å². The van der Waals surface area contributed by atoms with Gasteiger partial charge in [0.25, 0.3) is 0 Å². The Morgan fingerprint density at radius 2 is 0.786 bits per heavy atom. The molecule has 0 spiro atoms. The molecule has 0 saturated heterocycles. The number of rotatable bonds is 28. The highest BCUT2D eigenvalue weighted by Crippen LogP contribution is 2.26. The van der Waals surface area contributed by atoms with Gasteiger partial charge in [-0.2, -0.15) is 0 Å². The van der Waals surface area contributed by atoms with Crippen molar-refractivity contribution in [3.05, 3.63) is 54.1 Å². The predicted molar refractivity (Wildman–Crippen MR) is 185 cm³/mol. The van der Waals surface area contributed by atoms with Crippen molar-refractivity contribution in [1.82, 2.24) is 0 Å². The van der Waals surface area contributed by atoms with Crippen LogP contribution in [0.2, 0.25) is 0 Å². The molecule has 2 aromatic rings. The molecule has 0 amide bonds. The molecule has 0 aliphatic carbocycles. The molecule has 2 heteroatoms. The first-order chi connectivity index (χ1) is 20.7. The Balaban J connectivity index is 1.50. The molecule has 0 saturated carbocycles. The molecular weight excluding hydrogens is 512 g/mol. The zero-order chi connectivity index (χ0) is 29.9. The maximum Gasteiger partial charge on any atom is 0.119 e. The Labute approximate surface area is 261 Å². The molecule has 2 nitrogen and oxygen atoms in total. The average molecular weight is 579 g/mol. The van der Waals surface area contributed by atoms with Gasteiger partial charge >= 0.3 is 0 Å². The third-order valence-corrected chi connectivity index (χ3v) is 8.70. The summed E-state index contributed by atoms with van der Waals surface area (Å²) in [6.07, 6.45) is 30.2. The molecule has 0 aliphatic heterocycles. The minimum Gasteiger partial charge on any atom is -0.494 e. The van der Waals surface area contributed by atoms with Crippen LogP contribution < -0.4 is 4.74 Å². The smallest absolute Gasteiger partial charge is 0.119 e. The molecule has 0 aromatic heterocycles. The first kappa shape index (κ1) is 36.4. The zero-order valence-corrected chi connectivity index (χ0v) is 28.0. The third-order valence-electron chi connectivity index (χ3n) is 8.70. The second-order valence-corrected chi connectivity index (χ2v) is 12.6. The van der Waals surface area contributed by atoms with Crippen molar-refractivity contribution in [3.63, 3.8) is 0 Å². The van der Waals surface area contributed by atoms with E-state index in [2.05, 4.69) is 69.3 Å². The van der Waals surface area contributed by atoms with Crippen molar-refractivity contribution in [1.29, 1.82) is 0 Å². The van der Waals surface area contributed by atoms with E-state index in [-0.39, 0.29) is 6.10 Å². The summed E-state index contributed by atoms with van der Waals surface area (Å²) in [4.78, 5) is 0. The van der Waals surface area contributed by atoms with Crippen LogP contribution in [0.25, 0.3) is 11.1 Å². The lowest BCUT2D eigenvalue weighted by atomic mass is 10.0. The average Bonchev–Trinajstić information content (AvgIpc) is 3.02. The van der Waals surface area contributed by atoms with Crippen molar-refractivity contribution >= 4 is 0 Å². The molecule has 0 heterocycles. The normalized spacial score (nSPS) is 12.1. The summed E-state index contributed by atoms with van der Waals surface area (Å²) in [5, 5.41) is 0. The van der Waals surface area contributed by atoms with E-state index in [9.17, 15) is 0 Å². The van der Waals surface area contributed by atoms with Crippen molar-refractivity contribution in [2.24, 2.45) is 0 Å². The number of hydrogen-bond acceptors (Lipinski definition) is 2. The van der Waals surface area contributed by atoms with Gasteiger partial charge in [-0.25, -0.2) is 0 Å². The summed E-state index contributed by atoms with van der Waals surface area (Å²) in [5.41, 5.74) is 3.74. The molecule has 1 unspecified atom stereocenters. The van der Waals surface area contributed by atoms with Gasteiger partial charge in [0, 0.05) is 6.61 Å². The van der Waals surface area contributed by atoms with Crippen LogP contribution in [0, 0.1) is 0 Å². The van der Waals surface area contributed by atoms with Crippen LogP contribution in [0.5, 0.6) is 5.75 Å². The van der Waals surface area contributed by atoms with Gasteiger partial charge in [-0.3, -0.25) is 0 Å². The molecule has 238 valence electrons. The molecule has 2 aromatic carbocycles. The highest BCUT2D eigenvalue weighted by molar-refractivity contribution is 5.64. The van der Waals surface area contributed by atoms with Crippen LogP contribution in [0.4, 0.5) is 0 Å². The van der Waals surface area contributed by atoms with E-state index in [4.69, 9.17) is 9.47 Å². The van der Waals surface area contributed by atoms with Crippen LogP contribution >= 0.6 is 0 Å². The predicted octanol–water partition coefficient (Wildman–Crippen LogP) is 13.4. The fourth-order valence-corrected chi connectivity index (χ4v) is 5.77. The summed E-state index contributed by atoms with van der Waals surface area (Å²) >= 11 is 0.